The zero-order chi connectivity index (χ0) is 13.0. The molecule has 100 valence electrons. The molecule has 1 saturated carbocycles. The third-order valence-electron chi connectivity index (χ3n) is 4.57. The fourth-order valence-corrected chi connectivity index (χ4v) is 3.21. The lowest BCUT2D eigenvalue weighted by atomic mass is 9.70. The lowest BCUT2D eigenvalue weighted by molar-refractivity contribution is 0.197. The standard InChI is InChI=1S/C17H27N/c1-14(2)16-8-6-15(7-9-16)12-17(13-18)10-4-3-5-11-17/h6-9,14H,3-5,10-13,18H2,1-2H3. The lowest BCUT2D eigenvalue weighted by Crippen LogP contribution is -2.34. The molecule has 1 fully saturated rings. The van der Waals surface area contributed by atoms with E-state index in [9.17, 15) is 0 Å². The molecule has 0 radical (unpaired) electrons. The molecule has 1 aliphatic rings. The first-order chi connectivity index (χ1) is 8.65. The Bertz CT molecular complexity index is 358. The van der Waals surface area contributed by atoms with Crippen molar-refractivity contribution in [2.45, 2.75) is 58.3 Å². The topological polar surface area (TPSA) is 26.0 Å². The molecule has 0 spiro atoms. The van der Waals surface area contributed by atoms with Crippen molar-refractivity contribution in [3.05, 3.63) is 35.4 Å². The molecule has 0 bridgehead atoms. The summed E-state index contributed by atoms with van der Waals surface area (Å²) >= 11 is 0. The molecule has 0 saturated heterocycles. The maximum Gasteiger partial charge on any atom is -0.00173 e. The lowest BCUT2D eigenvalue weighted by Gasteiger charge is -2.36. The Balaban J connectivity index is 2.07. The molecule has 1 nitrogen and oxygen atoms in total. The van der Waals surface area contributed by atoms with Crippen LogP contribution in [0.25, 0.3) is 0 Å². The summed E-state index contributed by atoms with van der Waals surface area (Å²) in [6, 6.07) is 9.18. The van der Waals surface area contributed by atoms with Crippen LogP contribution in [0.1, 0.15) is 63.0 Å². The van der Waals surface area contributed by atoms with Crippen LogP contribution in [0.4, 0.5) is 0 Å². The summed E-state index contributed by atoms with van der Waals surface area (Å²) in [7, 11) is 0. The van der Waals surface area contributed by atoms with Crippen LogP contribution in [0, 0.1) is 5.41 Å². The molecular formula is C17H27N. The van der Waals surface area contributed by atoms with Crippen molar-refractivity contribution >= 4 is 0 Å². The largest absolute Gasteiger partial charge is 0.330 e. The molecule has 1 aromatic carbocycles. The summed E-state index contributed by atoms with van der Waals surface area (Å²) in [5, 5.41) is 0. The minimum absolute atomic E-state index is 0.387. The van der Waals surface area contributed by atoms with Crippen LogP contribution in [0.3, 0.4) is 0 Å². The van der Waals surface area contributed by atoms with Crippen molar-refractivity contribution in [1.29, 1.82) is 0 Å². The van der Waals surface area contributed by atoms with E-state index in [1.807, 2.05) is 0 Å². The molecule has 0 heterocycles. The Morgan fingerprint density at radius 2 is 1.67 bits per heavy atom. The third-order valence-corrected chi connectivity index (χ3v) is 4.57. The van der Waals surface area contributed by atoms with Gasteiger partial charge in [-0.25, -0.2) is 0 Å². The normalized spacial score (nSPS) is 19.1. The van der Waals surface area contributed by atoms with E-state index in [2.05, 4.69) is 38.1 Å². The average Bonchev–Trinajstić information content (AvgIpc) is 2.40. The summed E-state index contributed by atoms with van der Waals surface area (Å²) in [6.45, 7) is 5.34. The van der Waals surface area contributed by atoms with Gasteiger partial charge in [0.2, 0.25) is 0 Å². The summed E-state index contributed by atoms with van der Waals surface area (Å²) in [4.78, 5) is 0. The van der Waals surface area contributed by atoms with Crippen molar-refractivity contribution < 1.29 is 0 Å². The molecule has 2 N–H and O–H groups in total. The second kappa shape index (κ2) is 5.88. The van der Waals surface area contributed by atoms with E-state index in [0.717, 1.165) is 6.54 Å². The average molecular weight is 245 g/mol. The first-order valence-corrected chi connectivity index (χ1v) is 7.44. The summed E-state index contributed by atoms with van der Waals surface area (Å²) in [6.07, 6.45) is 7.92. The van der Waals surface area contributed by atoms with Gasteiger partial charge in [-0.1, -0.05) is 57.4 Å². The van der Waals surface area contributed by atoms with Gasteiger partial charge in [0.15, 0.2) is 0 Å². The highest BCUT2D eigenvalue weighted by atomic mass is 14.6. The Morgan fingerprint density at radius 3 is 2.17 bits per heavy atom. The van der Waals surface area contributed by atoms with Gasteiger partial charge >= 0.3 is 0 Å². The monoisotopic (exact) mass is 245 g/mol. The van der Waals surface area contributed by atoms with Crippen LogP contribution in [0.15, 0.2) is 24.3 Å². The first kappa shape index (κ1) is 13.6. The number of nitrogens with two attached hydrogens (primary N) is 1. The third kappa shape index (κ3) is 3.14. The molecule has 0 aromatic heterocycles. The quantitative estimate of drug-likeness (QED) is 0.842. The van der Waals surface area contributed by atoms with Gasteiger partial charge in [0.05, 0.1) is 0 Å². The molecule has 0 atom stereocenters. The molecule has 1 heteroatoms. The van der Waals surface area contributed by atoms with Crippen LogP contribution < -0.4 is 5.73 Å². The highest BCUT2D eigenvalue weighted by Crippen LogP contribution is 2.38. The fourth-order valence-electron chi connectivity index (χ4n) is 3.21. The van der Waals surface area contributed by atoms with Crippen LogP contribution >= 0.6 is 0 Å². The van der Waals surface area contributed by atoms with Crippen LogP contribution in [-0.4, -0.2) is 6.54 Å². The molecule has 18 heavy (non-hydrogen) atoms. The van der Waals surface area contributed by atoms with Crippen molar-refractivity contribution in [1.82, 2.24) is 0 Å². The van der Waals surface area contributed by atoms with Gasteiger partial charge in [-0.3, -0.25) is 0 Å². The molecule has 2 rings (SSSR count). The van der Waals surface area contributed by atoms with E-state index in [1.165, 1.54) is 49.7 Å². The van der Waals surface area contributed by atoms with Crippen LogP contribution in [-0.2, 0) is 6.42 Å². The molecular weight excluding hydrogens is 218 g/mol. The number of rotatable bonds is 4. The zero-order valence-corrected chi connectivity index (χ0v) is 11.9. The number of benzene rings is 1. The van der Waals surface area contributed by atoms with E-state index in [1.54, 1.807) is 0 Å². The second-order valence-electron chi connectivity index (χ2n) is 6.34. The van der Waals surface area contributed by atoms with Crippen molar-refractivity contribution in [3.63, 3.8) is 0 Å². The van der Waals surface area contributed by atoms with Crippen molar-refractivity contribution in [2.24, 2.45) is 11.1 Å². The predicted molar refractivity (Wildman–Crippen MR) is 78.8 cm³/mol. The highest BCUT2D eigenvalue weighted by molar-refractivity contribution is 5.25. The van der Waals surface area contributed by atoms with E-state index >= 15 is 0 Å². The van der Waals surface area contributed by atoms with Crippen molar-refractivity contribution in [3.8, 4) is 0 Å². The summed E-state index contributed by atoms with van der Waals surface area (Å²) in [5.41, 5.74) is 9.35. The van der Waals surface area contributed by atoms with E-state index in [-0.39, 0.29) is 0 Å². The SMILES string of the molecule is CC(C)c1ccc(CC2(CN)CCCCC2)cc1. The van der Waals surface area contributed by atoms with Gasteiger partial charge in [0.1, 0.15) is 0 Å². The van der Waals surface area contributed by atoms with E-state index in [4.69, 9.17) is 5.73 Å². The van der Waals surface area contributed by atoms with Gasteiger partial charge < -0.3 is 5.73 Å². The second-order valence-corrected chi connectivity index (χ2v) is 6.34. The number of hydrogen-bond donors (Lipinski definition) is 1. The Hall–Kier alpha value is -0.820. The Morgan fingerprint density at radius 1 is 1.06 bits per heavy atom. The molecule has 0 aliphatic heterocycles. The van der Waals surface area contributed by atoms with E-state index < -0.39 is 0 Å². The highest BCUT2D eigenvalue weighted by Gasteiger charge is 2.30. The maximum absolute atomic E-state index is 6.06. The maximum atomic E-state index is 6.06. The summed E-state index contributed by atoms with van der Waals surface area (Å²) in [5.74, 6) is 0.622. The van der Waals surface area contributed by atoms with Gasteiger partial charge in [-0.05, 0) is 48.3 Å². The van der Waals surface area contributed by atoms with E-state index in [0.29, 0.717) is 11.3 Å². The predicted octanol–water partition coefficient (Wildman–Crippen LogP) is 4.26. The van der Waals surface area contributed by atoms with Crippen LogP contribution in [0.5, 0.6) is 0 Å². The Kier molecular flexibility index (Phi) is 4.45. The van der Waals surface area contributed by atoms with Gasteiger partial charge in [-0.15, -0.1) is 0 Å². The summed E-state index contributed by atoms with van der Waals surface area (Å²) < 4.78 is 0. The zero-order valence-electron chi connectivity index (χ0n) is 11.9. The minimum atomic E-state index is 0.387. The van der Waals surface area contributed by atoms with Crippen molar-refractivity contribution in [2.75, 3.05) is 6.54 Å². The molecule has 1 aromatic rings. The smallest absolute Gasteiger partial charge is 0.00173 e. The Labute approximate surface area is 112 Å². The molecule has 0 amide bonds. The first-order valence-electron chi connectivity index (χ1n) is 7.44. The molecule has 1 aliphatic carbocycles. The molecule has 0 unspecified atom stereocenters. The van der Waals surface area contributed by atoms with Gasteiger partial charge in [0.25, 0.3) is 0 Å². The minimum Gasteiger partial charge on any atom is -0.330 e. The van der Waals surface area contributed by atoms with Gasteiger partial charge in [-0.2, -0.15) is 0 Å². The van der Waals surface area contributed by atoms with Gasteiger partial charge in [0, 0.05) is 0 Å². The van der Waals surface area contributed by atoms with Crippen LogP contribution in [0.2, 0.25) is 0 Å². The fraction of sp³-hybridized carbons (Fsp3) is 0.647. The number of hydrogen-bond acceptors (Lipinski definition) is 1.